The van der Waals surface area contributed by atoms with Crippen LogP contribution in [0.1, 0.15) is 32.5 Å². The van der Waals surface area contributed by atoms with Gasteiger partial charge in [-0.3, -0.25) is 9.20 Å². The summed E-state index contributed by atoms with van der Waals surface area (Å²) in [6, 6.07) is -0.386. The van der Waals surface area contributed by atoms with E-state index in [2.05, 4.69) is 39.7 Å². The van der Waals surface area contributed by atoms with E-state index in [0.29, 0.717) is 11.5 Å². The number of amides is 1. The lowest BCUT2D eigenvalue weighted by molar-refractivity contribution is -0.121. The highest BCUT2D eigenvalue weighted by Gasteiger charge is 2.16. The molecule has 0 fully saturated rings. The molecule has 1 amide bonds. The van der Waals surface area contributed by atoms with Gasteiger partial charge in [0.25, 0.3) is 0 Å². The summed E-state index contributed by atoms with van der Waals surface area (Å²) in [4.78, 5) is 15.7. The molecule has 0 unspecified atom stereocenters. The minimum absolute atomic E-state index is 0.104. The van der Waals surface area contributed by atoms with Crippen LogP contribution in [0.5, 0.6) is 0 Å². The lowest BCUT2D eigenvalue weighted by Gasteiger charge is -2.13. The third kappa shape index (κ3) is 2.49. The normalized spacial score (nSPS) is 12.7. The van der Waals surface area contributed by atoms with Gasteiger partial charge in [0.15, 0.2) is 5.82 Å². The topological polar surface area (TPSA) is 84.2 Å². The highest BCUT2D eigenvalue weighted by atomic mass is 16.2. The molecule has 0 aromatic carbocycles. The molecule has 0 radical (unpaired) electrons. The molecule has 0 aliphatic rings. The zero-order valence-electron chi connectivity index (χ0n) is 11.5. The first-order valence-electron chi connectivity index (χ1n) is 6.22. The van der Waals surface area contributed by atoms with Gasteiger partial charge in [0, 0.05) is 25.4 Å². The SMILES string of the molecule is CNC(=O)[C@H](C)Nc1nccn2c(C(C)C)nnc12. The maximum absolute atomic E-state index is 11.5. The largest absolute Gasteiger partial charge is 0.357 e. The van der Waals surface area contributed by atoms with Crippen LogP contribution in [0.15, 0.2) is 12.4 Å². The molecule has 2 N–H and O–H groups in total. The average Bonchev–Trinajstić information content (AvgIpc) is 2.82. The van der Waals surface area contributed by atoms with Crippen LogP contribution in [0.3, 0.4) is 0 Å². The molecule has 19 heavy (non-hydrogen) atoms. The Morgan fingerprint density at radius 2 is 2.05 bits per heavy atom. The Morgan fingerprint density at radius 3 is 2.68 bits per heavy atom. The molecule has 0 saturated heterocycles. The van der Waals surface area contributed by atoms with Crippen molar-refractivity contribution in [2.75, 3.05) is 12.4 Å². The number of nitrogens with zero attached hydrogens (tertiary/aromatic N) is 4. The summed E-state index contributed by atoms with van der Waals surface area (Å²) in [6.07, 6.45) is 3.49. The fourth-order valence-corrected chi connectivity index (χ4v) is 1.83. The second kappa shape index (κ2) is 5.21. The van der Waals surface area contributed by atoms with Crippen LogP contribution in [0.4, 0.5) is 5.82 Å². The lowest BCUT2D eigenvalue weighted by atomic mass is 10.2. The Balaban J connectivity index is 2.37. The van der Waals surface area contributed by atoms with Crippen LogP contribution in [0.2, 0.25) is 0 Å². The highest BCUT2D eigenvalue weighted by Crippen LogP contribution is 2.18. The van der Waals surface area contributed by atoms with E-state index in [-0.39, 0.29) is 17.9 Å². The van der Waals surface area contributed by atoms with Gasteiger partial charge < -0.3 is 10.6 Å². The number of hydrogen-bond donors (Lipinski definition) is 2. The van der Waals surface area contributed by atoms with Gasteiger partial charge in [-0.05, 0) is 6.92 Å². The third-order valence-corrected chi connectivity index (χ3v) is 2.86. The number of fused-ring (bicyclic) bond motifs is 1. The van der Waals surface area contributed by atoms with Crippen molar-refractivity contribution in [1.82, 2.24) is 24.9 Å². The van der Waals surface area contributed by atoms with Crippen molar-refractivity contribution in [2.24, 2.45) is 0 Å². The van der Waals surface area contributed by atoms with Gasteiger partial charge in [-0.15, -0.1) is 10.2 Å². The molecular weight excluding hydrogens is 244 g/mol. The summed E-state index contributed by atoms with van der Waals surface area (Å²) in [7, 11) is 1.60. The summed E-state index contributed by atoms with van der Waals surface area (Å²) >= 11 is 0. The van der Waals surface area contributed by atoms with E-state index in [9.17, 15) is 4.79 Å². The third-order valence-electron chi connectivity index (χ3n) is 2.86. The van der Waals surface area contributed by atoms with Crippen LogP contribution in [-0.2, 0) is 4.79 Å². The predicted molar refractivity (Wildman–Crippen MR) is 72.0 cm³/mol. The van der Waals surface area contributed by atoms with E-state index >= 15 is 0 Å². The van der Waals surface area contributed by atoms with Gasteiger partial charge in [-0.2, -0.15) is 0 Å². The molecule has 2 aromatic heterocycles. The Morgan fingerprint density at radius 1 is 1.32 bits per heavy atom. The van der Waals surface area contributed by atoms with E-state index in [1.54, 1.807) is 20.2 Å². The van der Waals surface area contributed by atoms with Crippen molar-refractivity contribution in [1.29, 1.82) is 0 Å². The van der Waals surface area contributed by atoms with E-state index in [1.807, 2.05) is 10.6 Å². The van der Waals surface area contributed by atoms with E-state index in [0.717, 1.165) is 5.82 Å². The quantitative estimate of drug-likeness (QED) is 0.851. The molecule has 0 aliphatic carbocycles. The number of aromatic nitrogens is 4. The van der Waals surface area contributed by atoms with Gasteiger partial charge in [-0.1, -0.05) is 13.8 Å². The first kappa shape index (κ1) is 13.3. The summed E-state index contributed by atoms with van der Waals surface area (Å²) in [6.45, 7) is 5.87. The number of anilines is 1. The second-order valence-electron chi connectivity index (χ2n) is 4.66. The first-order valence-corrected chi connectivity index (χ1v) is 6.22. The molecule has 1 atom stereocenters. The van der Waals surface area contributed by atoms with Crippen molar-refractivity contribution in [3.8, 4) is 0 Å². The maximum atomic E-state index is 11.5. The fraction of sp³-hybridized carbons (Fsp3) is 0.500. The summed E-state index contributed by atoms with van der Waals surface area (Å²) in [5.74, 6) is 1.58. The van der Waals surface area contributed by atoms with E-state index < -0.39 is 0 Å². The minimum atomic E-state index is -0.386. The Labute approximate surface area is 111 Å². The van der Waals surface area contributed by atoms with Crippen LogP contribution >= 0.6 is 0 Å². The van der Waals surface area contributed by atoms with Gasteiger partial charge in [0.2, 0.25) is 11.6 Å². The molecule has 2 heterocycles. The molecule has 0 spiro atoms. The number of carbonyl (C=O) groups is 1. The van der Waals surface area contributed by atoms with Gasteiger partial charge in [-0.25, -0.2) is 4.98 Å². The molecule has 102 valence electrons. The summed E-state index contributed by atoms with van der Waals surface area (Å²) < 4.78 is 1.89. The molecule has 0 aliphatic heterocycles. The average molecular weight is 262 g/mol. The van der Waals surface area contributed by atoms with Gasteiger partial charge >= 0.3 is 0 Å². The summed E-state index contributed by atoms with van der Waals surface area (Å²) in [5, 5.41) is 13.9. The standard InChI is InChI=1S/C12H18N6O/c1-7(2)10-16-17-11-9(14-5-6-18(10)11)15-8(3)12(19)13-4/h5-8H,1-4H3,(H,13,19)(H,14,15)/t8-/m0/s1. The molecule has 2 aromatic rings. The van der Waals surface area contributed by atoms with Crippen LogP contribution in [0.25, 0.3) is 5.65 Å². The van der Waals surface area contributed by atoms with Crippen LogP contribution in [-0.4, -0.2) is 38.6 Å². The van der Waals surface area contributed by atoms with Crippen molar-refractivity contribution >= 4 is 17.4 Å². The van der Waals surface area contributed by atoms with Crippen molar-refractivity contribution < 1.29 is 4.79 Å². The first-order chi connectivity index (χ1) is 9.04. The van der Waals surface area contributed by atoms with Crippen molar-refractivity contribution in [3.63, 3.8) is 0 Å². The predicted octanol–water partition coefficient (Wildman–Crippen LogP) is 0.794. The molecule has 0 saturated carbocycles. The van der Waals surface area contributed by atoms with Crippen LogP contribution in [0, 0.1) is 0 Å². The highest BCUT2D eigenvalue weighted by molar-refractivity contribution is 5.84. The zero-order valence-corrected chi connectivity index (χ0v) is 11.5. The summed E-state index contributed by atoms with van der Waals surface area (Å²) in [5.41, 5.74) is 0.627. The molecule has 7 nitrogen and oxygen atoms in total. The Bertz CT molecular complexity index is 591. The maximum Gasteiger partial charge on any atom is 0.241 e. The van der Waals surface area contributed by atoms with Crippen molar-refractivity contribution in [2.45, 2.75) is 32.7 Å². The van der Waals surface area contributed by atoms with Crippen molar-refractivity contribution in [3.05, 3.63) is 18.2 Å². The smallest absolute Gasteiger partial charge is 0.241 e. The molecular formula is C12H18N6O. The number of nitrogens with one attached hydrogen (secondary N) is 2. The Kier molecular flexibility index (Phi) is 3.64. The van der Waals surface area contributed by atoms with Gasteiger partial charge in [0.1, 0.15) is 11.9 Å². The monoisotopic (exact) mass is 262 g/mol. The minimum Gasteiger partial charge on any atom is -0.357 e. The zero-order chi connectivity index (χ0) is 14.0. The lowest BCUT2D eigenvalue weighted by Crippen LogP contribution is -2.35. The number of rotatable bonds is 4. The van der Waals surface area contributed by atoms with E-state index in [4.69, 9.17) is 0 Å². The Hall–Kier alpha value is -2.18. The number of carbonyl (C=O) groups excluding carboxylic acids is 1. The number of hydrogen-bond acceptors (Lipinski definition) is 5. The number of likely N-dealkylation sites (N-methyl/N-ethyl adjacent to an activating group) is 1. The molecule has 7 heteroatoms. The molecule has 0 bridgehead atoms. The fourth-order valence-electron chi connectivity index (χ4n) is 1.83. The molecule has 2 rings (SSSR count). The van der Waals surface area contributed by atoms with Crippen LogP contribution < -0.4 is 10.6 Å². The second-order valence-corrected chi connectivity index (χ2v) is 4.66. The van der Waals surface area contributed by atoms with Gasteiger partial charge in [0.05, 0.1) is 0 Å². The van der Waals surface area contributed by atoms with E-state index in [1.165, 1.54) is 0 Å².